The Morgan fingerprint density at radius 2 is 2.23 bits per heavy atom. The average Bonchev–Trinajstić information content (AvgIpc) is 2.15. The maximum Gasteiger partial charge on any atom is 0.288 e. The highest BCUT2D eigenvalue weighted by Crippen LogP contribution is 1.91. The SMILES string of the molecule is O=C(NNC(=S)S)c1ccccn1. The first kappa shape index (κ1) is 9.94. The minimum Gasteiger partial charge on any atom is -0.283 e. The summed E-state index contributed by atoms with van der Waals surface area (Å²) in [5.41, 5.74) is 5.05. The van der Waals surface area contributed by atoms with Gasteiger partial charge in [-0.25, -0.2) is 0 Å². The zero-order valence-corrected chi connectivity index (χ0v) is 8.23. The molecule has 0 fully saturated rings. The molecule has 2 N–H and O–H groups in total. The van der Waals surface area contributed by atoms with Crippen LogP contribution >= 0.6 is 24.8 Å². The number of nitrogens with one attached hydrogen (secondary N) is 2. The molecule has 0 aliphatic carbocycles. The van der Waals surface area contributed by atoms with Gasteiger partial charge in [0.1, 0.15) is 10.0 Å². The van der Waals surface area contributed by atoms with Crippen molar-refractivity contribution in [1.82, 2.24) is 15.8 Å². The van der Waals surface area contributed by atoms with Gasteiger partial charge in [0, 0.05) is 6.20 Å². The molecule has 6 heteroatoms. The van der Waals surface area contributed by atoms with Gasteiger partial charge in [0.2, 0.25) is 0 Å². The van der Waals surface area contributed by atoms with E-state index in [1.54, 1.807) is 18.2 Å². The normalized spacial score (nSPS) is 9.00. The van der Waals surface area contributed by atoms with Crippen LogP contribution in [0.5, 0.6) is 0 Å². The molecule has 13 heavy (non-hydrogen) atoms. The van der Waals surface area contributed by atoms with E-state index in [0.29, 0.717) is 5.69 Å². The van der Waals surface area contributed by atoms with Gasteiger partial charge in [-0.1, -0.05) is 18.3 Å². The topological polar surface area (TPSA) is 54.0 Å². The molecule has 0 aliphatic rings. The Kier molecular flexibility index (Phi) is 3.66. The zero-order chi connectivity index (χ0) is 9.68. The largest absolute Gasteiger partial charge is 0.288 e. The summed E-state index contributed by atoms with van der Waals surface area (Å²) in [6.07, 6.45) is 1.54. The standard InChI is InChI=1S/C7H7N3OS2/c11-6(9-10-7(12)13)5-3-1-2-4-8-5/h1-4H,(H,9,11)(H2,10,12,13). The number of rotatable bonds is 1. The Bertz CT molecular complexity index is 315. The van der Waals surface area contributed by atoms with Gasteiger partial charge in [0.05, 0.1) is 0 Å². The van der Waals surface area contributed by atoms with Crippen LogP contribution in [0.3, 0.4) is 0 Å². The van der Waals surface area contributed by atoms with E-state index in [-0.39, 0.29) is 10.2 Å². The second-order valence-corrected chi connectivity index (χ2v) is 3.26. The summed E-state index contributed by atoms with van der Waals surface area (Å²) >= 11 is 8.35. The highest BCUT2D eigenvalue weighted by molar-refractivity contribution is 8.11. The highest BCUT2D eigenvalue weighted by atomic mass is 32.1. The predicted octanol–water partition coefficient (Wildman–Crippen LogP) is 0.531. The van der Waals surface area contributed by atoms with Crippen LogP contribution in [0.1, 0.15) is 10.5 Å². The van der Waals surface area contributed by atoms with Crippen molar-refractivity contribution in [2.45, 2.75) is 0 Å². The van der Waals surface area contributed by atoms with Crippen molar-refractivity contribution in [2.75, 3.05) is 0 Å². The summed E-state index contributed by atoms with van der Waals surface area (Å²) in [6, 6.07) is 5.05. The molecule has 0 spiro atoms. The first-order chi connectivity index (χ1) is 6.20. The number of nitrogens with zero attached hydrogens (tertiary/aromatic N) is 1. The first-order valence-corrected chi connectivity index (χ1v) is 4.26. The smallest absolute Gasteiger partial charge is 0.283 e. The monoisotopic (exact) mass is 213 g/mol. The second kappa shape index (κ2) is 4.78. The van der Waals surface area contributed by atoms with Crippen molar-refractivity contribution in [3.05, 3.63) is 30.1 Å². The molecule has 0 atom stereocenters. The quantitative estimate of drug-likeness (QED) is 0.362. The Hall–Kier alpha value is -1.14. The maximum atomic E-state index is 11.2. The van der Waals surface area contributed by atoms with Crippen molar-refractivity contribution in [3.8, 4) is 0 Å². The van der Waals surface area contributed by atoms with Crippen molar-refractivity contribution < 1.29 is 4.79 Å². The molecule has 0 bridgehead atoms. The van der Waals surface area contributed by atoms with E-state index in [2.05, 4.69) is 40.7 Å². The van der Waals surface area contributed by atoms with E-state index in [9.17, 15) is 4.79 Å². The van der Waals surface area contributed by atoms with Gasteiger partial charge in [0.25, 0.3) is 5.91 Å². The summed E-state index contributed by atoms with van der Waals surface area (Å²) in [5.74, 6) is -0.350. The number of thiol groups is 1. The number of pyridine rings is 1. The van der Waals surface area contributed by atoms with Gasteiger partial charge in [0.15, 0.2) is 0 Å². The number of hydrogen-bond acceptors (Lipinski definition) is 3. The Labute approximate surface area is 86.1 Å². The molecule has 1 aromatic rings. The van der Waals surface area contributed by atoms with E-state index in [4.69, 9.17) is 0 Å². The van der Waals surface area contributed by atoms with Crippen LogP contribution in [0.15, 0.2) is 24.4 Å². The number of hydrazine groups is 1. The van der Waals surface area contributed by atoms with Gasteiger partial charge < -0.3 is 0 Å². The fourth-order valence-electron chi connectivity index (χ4n) is 0.671. The number of carbonyl (C=O) groups is 1. The molecule has 68 valence electrons. The van der Waals surface area contributed by atoms with E-state index in [0.717, 1.165) is 0 Å². The Morgan fingerprint density at radius 1 is 1.46 bits per heavy atom. The van der Waals surface area contributed by atoms with Crippen molar-refractivity contribution in [1.29, 1.82) is 0 Å². The van der Waals surface area contributed by atoms with Gasteiger partial charge in [-0.05, 0) is 12.1 Å². The molecular formula is C7H7N3OS2. The minimum atomic E-state index is -0.350. The van der Waals surface area contributed by atoms with E-state index >= 15 is 0 Å². The summed E-state index contributed by atoms with van der Waals surface area (Å²) in [6.45, 7) is 0. The molecule has 1 heterocycles. The number of thiocarbonyl (C=S) groups is 1. The van der Waals surface area contributed by atoms with E-state index < -0.39 is 0 Å². The number of hydrogen-bond donors (Lipinski definition) is 3. The molecule has 0 radical (unpaired) electrons. The minimum absolute atomic E-state index is 0.198. The van der Waals surface area contributed by atoms with Crippen LogP contribution in [0, 0.1) is 0 Å². The Morgan fingerprint density at radius 3 is 2.77 bits per heavy atom. The lowest BCUT2D eigenvalue weighted by Crippen LogP contribution is -2.39. The third kappa shape index (κ3) is 3.39. The van der Waals surface area contributed by atoms with Crippen LogP contribution in [0.2, 0.25) is 0 Å². The summed E-state index contributed by atoms with van der Waals surface area (Å²) in [4.78, 5) is 15.1. The van der Waals surface area contributed by atoms with Crippen molar-refractivity contribution >= 4 is 35.1 Å². The first-order valence-electron chi connectivity index (χ1n) is 3.40. The molecule has 1 aromatic heterocycles. The van der Waals surface area contributed by atoms with Gasteiger partial charge >= 0.3 is 0 Å². The second-order valence-electron chi connectivity index (χ2n) is 2.10. The number of amides is 1. The lowest BCUT2D eigenvalue weighted by Gasteiger charge is -2.04. The van der Waals surface area contributed by atoms with Crippen LogP contribution in [0.4, 0.5) is 0 Å². The van der Waals surface area contributed by atoms with Crippen molar-refractivity contribution in [3.63, 3.8) is 0 Å². The van der Waals surface area contributed by atoms with Gasteiger partial charge in [-0.15, -0.1) is 12.6 Å². The summed E-state index contributed by atoms with van der Waals surface area (Å²) < 4.78 is 0.198. The van der Waals surface area contributed by atoms with Crippen LogP contribution in [-0.2, 0) is 0 Å². The average molecular weight is 213 g/mol. The van der Waals surface area contributed by atoms with Crippen LogP contribution in [-0.4, -0.2) is 15.2 Å². The Balaban J connectivity index is 2.54. The fourth-order valence-corrected chi connectivity index (χ4v) is 0.778. The molecule has 0 saturated carbocycles. The molecule has 1 rings (SSSR count). The summed E-state index contributed by atoms with van der Waals surface area (Å²) in [7, 11) is 0. The highest BCUT2D eigenvalue weighted by Gasteiger charge is 2.04. The third-order valence-electron chi connectivity index (χ3n) is 1.18. The molecule has 1 amide bonds. The summed E-state index contributed by atoms with van der Waals surface area (Å²) in [5, 5.41) is 0. The molecule has 4 nitrogen and oxygen atoms in total. The fraction of sp³-hybridized carbons (Fsp3) is 0. The molecular weight excluding hydrogens is 206 g/mol. The van der Waals surface area contributed by atoms with Gasteiger partial charge in [-0.2, -0.15) is 0 Å². The predicted molar refractivity (Wildman–Crippen MR) is 56.4 cm³/mol. The number of aromatic nitrogens is 1. The number of carbonyl (C=O) groups excluding carboxylic acids is 1. The molecule has 0 aliphatic heterocycles. The zero-order valence-electron chi connectivity index (χ0n) is 6.52. The molecule has 0 unspecified atom stereocenters. The molecule has 0 saturated heterocycles. The van der Waals surface area contributed by atoms with Gasteiger partial charge in [-0.3, -0.25) is 20.6 Å². The molecule has 0 aromatic carbocycles. The lowest BCUT2D eigenvalue weighted by atomic mass is 10.3. The lowest BCUT2D eigenvalue weighted by molar-refractivity contribution is 0.0939. The third-order valence-corrected chi connectivity index (χ3v) is 1.39. The maximum absolute atomic E-state index is 11.2. The van der Waals surface area contributed by atoms with E-state index in [1.165, 1.54) is 6.20 Å². The van der Waals surface area contributed by atoms with Crippen molar-refractivity contribution in [2.24, 2.45) is 0 Å². The van der Waals surface area contributed by atoms with Crippen LogP contribution in [0.25, 0.3) is 0 Å². The van der Waals surface area contributed by atoms with E-state index in [1.807, 2.05) is 0 Å². The van der Waals surface area contributed by atoms with Crippen LogP contribution < -0.4 is 10.9 Å².